The van der Waals surface area contributed by atoms with E-state index in [0.29, 0.717) is 12.2 Å². The summed E-state index contributed by atoms with van der Waals surface area (Å²) in [6.45, 7) is 0.593. The Bertz CT molecular complexity index is 665. The molecule has 0 aliphatic rings. The van der Waals surface area contributed by atoms with Crippen molar-refractivity contribution in [2.24, 2.45) is 12.2 Å². The van der Waals surface area contributed by atoms with Gasteiger partial charge in [-0.25, -0.2) is 10.1 Å². The van der Waals surface area contributed by atoms with Crippen LogP contribution in [-0.2, 0) is 23.8 Å². The highest BCUT2D eigenvalue weighted by atomic mass is 32.2. The van der Waals surface area contributed by atoms with Crippen LogP contribution in [0.3, 0.4) is 0 Å². The minimum absolute atomic E-state index is 0.414. The lowest BCUT2D eigenvalue weighted by Gasteiger charge is -2.09. The van der Waals surface area contributed by atoms with E-state index >= 15 is 0 Å². The van der Waals surface area contributed by atoms with E-state index in [1.807, 2.05) is 17.7 Å². The molecule has 0 saturated carbocycles. The number of hydrogen-bond donors (Lipinski definition) is 3. The molecule has 0 radical (unpaired) electrons. The van der Waals surface area contributed by atoms with Gasteiger partial charge in [-0.1, -0.05) is 6.07 Å². The fourth-order valence-corrected chi connectivity index (χ4v) is 2.06. The van der Waals surface area contributed by atoms with Crippen LogP contribution in [0.1, 0.15) is 5.69 Å². The highest BCUT2D eigenvalue weighted by Crippen LogP contribution is 2.16. The van der Waals surface area contributed by atoms with E-state index < -0.39 is 10.2 Å². The van der Waals surface area contributed by atoms with Crippen molar-refractivity contribution in [2.45, 2.75) is 6.54 Å². The number of nitrogens with zero attached hydrogens (tertiary/aromatic N) is 2. The van der Waals surface area contributed by atoms with Crippen LogP contribution in [0.15, 0.2) is 36.8 Å². The molecule has 7 nitrogen and oxygen atoms in total. The molecular formula is C11H15N5O2S. The number of aryl methyl sites for hydroxylation is 1. The summed E-state index contributed by atoms with van der Waals surface area (Å²) in [6.07, 6.45) is 3.48. The molecule has 0 spiro atoms. The molecule has 2 aromatic rings. The molecule has 19 heavy (non-hydrogen) atoms. The molecule has 0 aliphatic heterocycles. The maximum absolute atomic E-state index is 10.9. The Kier molecular flexibility index (Phi) is 3.72. The summed E-state index contributed by atoms with van der Waals surface area (Å²) in [5.41, 5.74) is 2.22. The monoisotopic (exact) mass is 281 g/mol. The van der Waals surface area contributed by atoms with E-state index in [1.54, 1.807) is 30.7 Å². The second-order valence-electron chi connectivity index (χ2n) is 4.08. The third kappa shape index (κ3) is 3.97. The normalized spacial score (nSPS) is 11.3. The second-order valence-corrected chi connectivity index (χ2v) is 5.37. The lowest BCUT2D eigenvalue weighted by Crippen LogP contribution is -2.21. The first-order valence-electron chi connectivity index (χ1n) is 5.54. The van der Waals surface area contributed by atoms with Gasteiger partial charge in [-0.2, -0.15) is 8.42 Å². The molecule has 0 saturated heterocycles. The third-order valence-electron chi connectivity index (χ3n) is 2.51. The smallest absolute Gasteiger partial charge is 0.296 e. The van der Waals surface area contributed by atoms with Crippen LogP contribution in [0, 0.1) is 0 Å². The average molecular weight is 281 g/mol. The van der Waals surface area contributed by atoms with Gasteiger partial charge in [0.15, 0.2) is 0 Å². The minimum Gasteiger partial charge on any atom is -0.379 e. The van der Waals surface area contributed by atoms with Crippen molar-refractivity contribution in [3.8, 4) is 0 Å². The van der Waals surface area contributed by atoms with Crippen molar-refractivity contribution in [1.82, 2.24) is 9.55 Å². The molecule has 1 aromatic carbocycles. The Labute approximate surface area is 111 Å². The van der Waals surface area contributed by atoms with Crippen molar-refractivity contribution in [3.63, 3.8) is 0 Å². The van der Waals surface area contributed by atoms with Gasteiger partial charge in [-0.05, 0) is 18.2 Å². The zero-order chi connectivity index (χ0) is 13.9. The minimum atomic E-state index is -3.75. The van der Waals surface area contributed by atoms with Gasteiger partial charge in [-0.3, -0.25) is 4.72 Å². The average Bonchev–Trinajstić information content (AvgIpc) is 2.70. The van der Waals surface area contributed by atoms with Crippen molar-refractivity contribution in [1.29, 1.82) is 0 Å². The lowest BCUT2D eigenvalue weighted by atomic mass is 10.3. The standard InChI is InChI=1S/C11H15N5O2S/c1-16-8-13-6-11(16)7-14-9-3-2-4-10(5-9)15-19(12,17)18/h2-6,8,14-15H,7H2,1H3,(H2,12,17,18). The second kappa shape index (κ2) is 5.29. The van der Waals surface area contributed by atoms with Gasteiger partial charge in [0.25, 0.3) is 10.2 Å². The van der Waals surface area contributed by atoms with Crippen LogP contribution < -0.4 is 15.2 Å². The first-order chi connectivity index (χ1) is 8.94. The molecule has 0 amide bonds. The van der Waals surface area contributed by atoms with Crippen LogP contribution in [0.5, 0.6) is 0 Å². The maximum atomic E-state index is 10.9. The highest BCUT2D eigenvalue weighted by molar-refractivity contribution is 7.90. The molecule has 2 rings (SSSR count). The summed E-state index contributed by atoms with van der Waals surface area (Å²) in [4.78, 5) is 4.01. The van der Waals surface area contributed by atoms with E-state index in [9.17, 15) is 8.42 Å². The molecule has 0 fully saturated rings. The molecular weight excluding hydrogens is 266 g/mol. The van der Waals surface area contributed by atoms with Gasteiger partial charge in [0.2, 0.25) is 0 Å². The Morgan fingerprint density at radius 1 is 1.37 bits per heavy atom. The summed E-state index contributed by atoms with van der Waals surface area (Å²) in [5.74, 6) is 0. The van der Waals surface area contributed by atoms with Gasteiger partial charge in [0.1, 0.15) is 0 Å². The predicted molar refractivity (Wildman–Crippen MR) is 73.7 cm³/mol. The number of aromatic nitrogens is 2. The maximum Gasteiger partial charge on any atom is 0.296 e. The molecule has 8 heteroatoms. The first-order valence-corrected chi connectivity index (χ1v) is 7.08. The van der Waals surface area contributed by atoms with E-state index in [-0.39, 0.29) is 0 Å². The van der Waals surface area contributed by atoms with Crippen molar-refractivity contribution in [2.75, 3.05) is 10.0 Å². The van der Waals surface area contributed by atoms with E-state index in [1.165, 1.54) is 0 Å². The Morgan fingerprint density at radius 3 is 2.74 bits per heavy atom. The third-order valence-corrected chi connectivity index (χ3v) is 3.03. The number of benzene rings is 1. The fourth-order valence-electron chi connectivity index (χ4n) is 1.60. The first kappa shape index (κ1) is 13.4. The molecule has 1 aromatic heterocycles. The Balaban J connectivity index is 2.05. The molecule has 0 bridgehead atoms. The fraction of sp³-hybridized carbons (Fsp3) is 0.182. The van der Waals surface area contributed by atoms with Crippen molar-refractivity contribution >= 4 is 21.6 Å². The molecule has 1 heterocycles. The van der Waals surface area contributed by atoms with Crippen LogP contribution in [0.25, 0.3) is 0 Å². The van der Waals surface area contributed by atoms with Gasteiger partial charge >= 0.3 is 0 Å². The zero-order valence-electron chi connectivity index (χ0n) is 10.4. The summed E-state index contributed by atoms with van der Waals surface area (Å²) < 4.78 is 26.0. The zero-order valence-corrected chi connectivity index (χ0v) is 11.2. The van der Waals surface area contributed by atoms with E-state index in [4.69, 9.17) is 5.14 Å². The lowest BCUT2D eigenvalue weighted by molar-refractivity contribution is 0.603. The number of rotatable bonds is 5. The number of imidazole rings is 1. The molecule has 4 N–H and O–H groups in total. The molecule has 0 unspecified atom stereocenters. The van der Waals surface area contributed by atoms with Gasteiger partial charge in [0, 0.05) is 18.9 Å². The van der Waals surface area contributed by atoms with Crippen molar-refractivity contribution in [3.05, 3.63) is 42.5 Å². The molecule has 102 valence electrons. The summed E-state index contributed by atoms with van der Waals surface area (Å²) in [6, 6.07) is 6.87. The van der Waals surface area contributed by atoms with E-state index in [0.717, 1.165) is 11.4 Å². The van der Waals surface area contributed by atoms with Crippen LogP contribution in [-0.4, -0.2) is 18.0 Å². The Hall–Kier alpha value is -2.06. The largest absolute Gasteiger partial charge is 0.379 e. The molecule has 0 atom stereocenters. The molecule has 0 aliphatic carbocycles. The van der Waals surface area contributed by atoms with Crippen LogP contribution in [0.4, 0.5) is 11.4 Å². The van der Waals surface area contributed by atoms with Crippen molar-refractivity contribution < 1.29 is 8.42 Å². The van der Waals surface area contributed by atoms with E-state index in [2.05, 4.69) is 15.0 Å². The number of nitrogens with two attached hydrogens (primary N) is 1. The summed E-state index contributed by atoms with van der Waals surface area (Å²) >= 11 is 0. The quantitative estimate of drug-likeness (QED) is 0.748. The summed E-state index contributed by atoms with van der Waals surface area (Å²) in [5, 5.41) is 8.10. The highest BCUT2D eigenvalue weighted by Gasteiger charge is 2.03. The number of nitrogens with one attached hydrogen (secondary N) is 2. The van der Waals surface area contributed by atoms with Gasteiger partial charge in [0.05, 0.1) is 24.3 Å². The van der Waals surface area contributed by atoms with Crippen LogP contribution in [0.2, 0.25) is 0 Å². The van der Waals surface area contributed by atoms with Gasteiger partial charge < -0.3 is 9.88 Å². The summed E-state index contributed by atoms with van der Waals surface area (Å²) in [7, 11) is -1.84. The predicted octanol–water partition coefficient (Wildman–Crippen LogP) is 0.648. The van der Waals surface area contributed by atoms with Gasteiger partial charge in [-0.15, -0.1) is 0 Å². The number of anilines is 2. The number of hydrogen-bond acceptors (Lipinski definition) is 4. The topological polar surface area (TPSA) is 102 Å². The Morgan fingerprint density at radius 2 is 2.11 bits per heavy atom. The SMILES string of the molecule is Cn1cncc1CNc1cccc(NS(N)(=O)=O)c1. The van der Waals surface area contributed by atoms with Crippen LogP contribution >= 0.6 is 0 Å².